The predicted molar refractivity (Wildman–Crippen MR) is 52.2 cm³/mol. The van der Waals surface area contributed by atoms with Gasteiger partial charge in [0.2, 0.25) is 0 Å². The molecule has 88 valence electrons. The molecule has 7 heteroatoms. The number of rotatable bonds is 2. The van der Waals surface area contributed by atoms with Crippen LogP contribution in [0.3, 0.4) is 0 Å². The molecule has 1 aromatic heterocycles. The van der Waals surface area contributed by atoms with Gasteiger partial charge in [0.15, 0.2) is 12.6 Å². The molecule has 1 saturated heterocycles. The molecule has 7 nitrogen and oxygen atoms in total. The van der Waals surface area contributed by atoms with Crippen LogP contribution in [0.1, 0.15) is 32.9 Å². The number of esters is 1. The standard InChI is InChI=1S/C9H14N4O3/c1-6-8(16-7(2)14)3-4-9(15-6)13-11-5-10-12-13/h5-6,8-9H,3-4H2,1-2H3/t6-,8-,9?/m0/s1. The van der Waals surface area contributed by atoms with Gasteiger partial charge in [-0.25, -0.2) is 0 Å². The quantitative estimate of drug-likeness (QED) is 0.675. The zero-order valence-corrected chi connectivity index (χ0v) is 9.24. The minimum Gasteiger partial charge on any atom is -0.460 e. The highest BCUT2D eigenvalue weighted by Crippen LogP contribution is 2.27. The highest BCUT2D eigenvalue weighted by Gasteiger charge is 2.31. The summed E-state index contributed by atoms with van der Waals surface area (Å²) in [5.74, 6) is -0.280. The zero-order valence-electron chi connectivity index (χ0n) is 9.24. The van der Waals surface area contributed by atoms with Crippen LogP contribution in [-0.4, -0.2) is 38.4 Å². The molecule has 1 aliphatic heterocycles. The van der Waals surface area contributed by atoms with Crippen molar-refractivity contribution in [3.63, 3.8) is 0 Å². The lowest BCUT2D eigenvalue weighted by atomic mass is 10.1. The first kappa shape index (κ1) is 11.0. The maximum atomic E-state index is 10.9. The third kappa shape index (κ3) is 2.35. The normalized spacial score (nSPS) is 30.0. The van der Waals surface area contributed by atoms with Crippen molar-refractivity contribution in [1.29, 1.82) is 0 Å². The van der Waals surface area contributed by atoms with Crippen LogP contribution in [-0.2, 0) is 14.3 Å². The lowest BCUT2D eigenvalue weighted by Crippen LogP contribution is -2.38. The Bertz CT molecular complexity index is 354. The van der Waals surface area contributed by atoms with E-state index in [-0.39, 0.29) is 24.4 Å². The molecule has 1 fully saturated rings. The number of hydrogen-bond acceptors (Lipinski definition) is 6. The van der Waals surface area contributed by atoms with E-state index < -0.39 is 0 Å². The Morgan fingerprint density at radius 2 is 2.38 bits per heavy atom. The fourth-order valence-corrected chi connectivity index (χ4v) is 1.79. The molecule has 16 heavy (non-hydrogen) atoms. The van der Waals surface area contributed by atoms with E-state index in [4.69, 9.17) is 9.47 Å². The molecule has 3 atom stereocenters. The van der Waals surface area contributed by atoms with E-state index in [1.165, 1.54) is 18.0 Å². The van der Waals surface area contributed by atoms with Crippen LogP contribution in [0.4, 0.5) is 0 Å². The summed E-state index contributed by atoms with van der Waals surface area (Å²) in [6, 6.07) is 0. The second kappa shape index (κ2) is 4.56. The van der Waals surface area contributed by atoms with Gasteiger partial charge in [-0.15, -0.1) is 15.0 Å². The van der Waals surface area contributed by atoms with Crippen LogP contribution in [0.2, 0.25) is 0 Å². The van der Waals surface area contributed by atoms with Crippen molar-refractivity contribution in [1.82, 2.24) is 20.2 Å². The van der Waals surface area contributed by atoms with Crippen LogP contribution in [0, 0.1) is 0 Å². The molecule has 0 aliphatic carbocycles. The first-order valence-electron chi connectivity index (χ1n) is 5.22. The first-order valence-corrected chi connectivity index (χ1v) is 5.22. The topological polar surface area (TPSA) is 79.1 Å². The van der Waals surface area contributed by atoms with Crippen molar-refractivity contribution in [3.05, 3.63) is 6.33 Å². The molecule has 0 spiro atoms. The van der Waals surface area contributed by atoms with Crippen molar-refractivity contribution in [3.8, 4) is 0 Å². The van der Waals surface area contributed by atoms with Gasteiger partial charge in [-0.1, -0.05) is 0 Å². The number of tetrazole rings is 1. The number of carbonyl (C=O) groups excluding carboxylic acids is 1. The molecule has 1 aromatic rings. The van der Waals surface area contributed by atoms with Crippen molar-refractivity contribution >= 4 is 5.97 Å². The molecule has 1 unspecified atom stereocenters. The van der Waals surface area contributed by atoms with E-state index in [1.807, 2.05) is 6.92 Å². The number of aromatic nitrogens is 4. The molecule has 0 radical (unpaired) electrons. The Morgan fingerprint density at radius 3 is 2.94 bits per heavy atom. The van der Waals surface area contributed by atoms with Crippen LogP contribution in [0.5, 0.6) is 0 Å². The number of hydrogen-bond donors (Lipinski definition) is 0. The lowest BCUT2D eigenvalue weighted by Gasteiger charge is -2.32. The molecular formula is C9H14N4O3. The largest absolute Gasteiger partial charge is 0.460 e. The summed E-state index contributed by atoms with van der Waals surface area (Å²) >= 11 is 0. The molecule has 1 aliphatic rings. The fraction of sp³-hybridized carbons (Fsp3) is 0.778. The van der Waals surface area contributed by atoms with Crippen LogP contribution >= 0.6 is 0 Å². The van der Waals surface area contributed by atoms with Crippen molar-refractivity contribution in [2.75, 3.05) is 0 Å². The van der Waals surface area contributed by atoms with Gasteiger partial charge in [-0.3, -0.25) is 4.79 Å². The summed E-state index contributed by atoms with van der Waals surface area (Å²) in [4.78, 5) is 12.3. The van der Waals surface area contributed by atoms with Crippen LogP contribution in [0.25, 0.3) is 0 Å². The molecule has 0 saturated carbocycles. The maximum Gasteiger partial charge on any atom is 0.302 e. The summed E-state index contributed by atoms with van der Waals surface area (Å²) in [5.41, 5.74) is 0. The Labute approximate surface area is 92.7 Å². The summed E-state index contributed by atoms with van der Waals surface area (Å²) in [6.45, 7) is 3.27. The molecule has 0 N–H and O–H groups in total. The molecule has 0 aromatic carbocycles. The van der Waals surface area contributed by atoms with Crippen molar-refractivity contribution in [2.45, 2.75) is 45.1 Å². The van der Waals surface area contributed by atoms with Crippen molar-refractivity contribution in [2.24, 2.45) is 0 Å². The van der Waals surface area contributed by atoms with E-state index >= 15 is 0 Å². The van der Waals surface area contributed by atoms with E-state index in [0.717, 1.165) is 6.42 Å². The maximum absolute atomic E-state index is 10.9. The highest BCUT2D eigenvalue weighted by molar-refractivity contribution is 5.66. The van der Waals surface area contributed by atoms with Crippen molar-refractivity contribution < 1.29 is 14.3 Å². The van der Waals surface area contributed by atoms with E-state index in [9.17, 15) is 4.79 Å². The van der Waals surface area contributed by atoms with Gasteiger partial charge in [-0.2, -0.15) is 0 Å². The summed E-state index contributed by atoms with van der Waals surface area (Å²) in [6.07, 6.45) is 2.26. The Morgan fingerprint density at radius 1 is 1.56 bits per heavy atom. The average Bonchev–Trinajstić information content (AvgIpc) is 2.73. The molecule has 2 rings (SSSR count). The highest BCUT2D eigenvalue weighted by atomic mass is 16.6. The Balaban J connectivity index is 1.94. The van der Waals surface area contributed by atoms with E-state index in [0.29, 0.717) is 6.42 Å². The third-order valence-corrected chi connectivity index (χ3v) is 2.53. The van der Waals surface area contributed by atoms with Gasteiger partial charge in [0, 0.05) is 6.92 Å². The number of nitrogens with zero attached hydrogens (tertiary/aromatic N) is 4. The van der Waals surface area contributed by atoms with Gasteiger partial charge < -0.3 is 9.47 Å². The number of carbonyl (C=O) groups is 1. The molecule has 0 bridgehead atoms. The minimum atomic E-state index is -0.280. The van der Waals surface area contributed by atoms with E-state index in [2.05, 4.69) is 15.4 Å². The van der Waals surface area contributed by atoms with Gasteiger partial charge in [-0.05, 0) is 25.0 Å². The van der Waals surface area contributed by atoms with Crippen LogP contribution in [0.15, 0.2) is 6.33 Å². The van der Waals surface area contributed by atoms with Gasteiger partial charge >= 0.3 is 5.97 Å². The summed E-state index contributed by atoms with van der Waals surface area (Å²) < 4.78 is 10.8. The molecule has 0 amide bonds. The second-order valence-corrected chi connectivity index (χ2v) is 3.78. The SMILES string of the molecule is CC(=O)O[C@H]1CCC(n2ncnn2)O[C@H]1C. The second-order valence-electron chi connectivity index (χ2n) is 3.78. The van der Waals surface area contributed by atoms with Gasteiger partial charge in [0.05, 0.1) is 6.10 Å². The van der Waals surface area contributed by atoms with Gasteiger partial charge in [0.1, 0.15) is 6.10 Å². The summed E-state index contributed by atoms with van der Waals surface area (Å²) in [5, 5.41) is 11.3. The fourth-order valence-electron chi connectivity index (χ4n) is 1.79. The lowest BCUT2D eigenvalue weighted by molar-refractivity contribution is -0.179. The molecular weight excluding hydrogens is 212 g/mol. The molecule has 2 heterocycles. The first-order chi connectivity index (χ1) is 7.66. The number of ether oxygens (including phenoxy) is 2. The van der Waals surface area contributed by atoms with Crippen LogP contribution < -0.4 is 0 Å². The third-order valence-electron chi connectivity index (χ3n) is 2.53. The predicted octanol–water partition coefficient (Wildman–Crippen LogP) is 0.302. The smallest absolute Gasteiger partial charge is 0.302 e. The van der Waals surface area contributed by atoms with Gasteiger partial charge in [0.25, 0.3) is 0 Å². The average molecular weight is 226 g/mol. The summed E-state index contributed by atoms with van der Waals surface area (Å²) in [7, 11) is 0. The zero-order chi connectivity index (χ0) is 11.5. The minimum absolute atomic E-state index is 0.159. The van der Waals surface area contributed by atoms with E-state index in [1.54, 1.807) is 0 Å². The monoisotopic (exact) mass is 226 g/mol. The Kier molecular flexibility index (Phi) is 3.14. The Hall–Kier alpha value is -1.50.